The van der Waals surface area contributed by atoms with E-state index in [-0.39, 0.29) is 6.10 Å². The number of unbranched alkanes of at least 4 members (excludes halogenated alkanes) is 10. The van der Waals surface area contributed by atoms with Crippen LogP contribution in [0.25, 0.3) is 0 Å². The lowest BCUT2D eigenvalue weighted by Crippen LogP contribution is -2.26. The predicted molar refractivity (Wildman–Crippen MR) is 122 cm³/mol. The maximum absolute atomic E-state index is 6.04. The van der Waals surface area contributed by atoms with Gasteiger partial charge in [0.2, 0.25) is 0 Å². The van der Waals surface area contributed by atoms with Gasteiger partial charge in [-0.1, -0.05) is 55.9 Å². The third kappa shape index (κ3) is 16.3. The van der Waals surface area contributed by atoms with Gasteiger partial charge in [-0.2, -0.15) is 0 Å². The molecule has 0 radical (unpaired) electrons. The fourth-order valence-corrected chi connectivity index (χ4v) is 3.14. The first-order valence-corrected chi connectivity index (χ1v) is 11.7. The Kier molecular flexibility index (Phi) is 18.4. The van der Waals surface area contributed by atoms with Crippen LogP contribution >= 0.6 is 0 Å². The number of H-pyrrole nitrogens is 1. The van der Waals surface area contributed by atoms with Crippen molar-refractivity contribution in [2.75, 3.05) is 26.4 Å². The molecule has 1 unspecified atom stereocenters. The molecular formula is C24H43N3O3. The molecule has 0 bridgehead atoms. The molecule has 1 atom stereocenters. The van der Waals surface area contributed by atoms with Gasteiger partial charge in [0, 0.05) is 19.4 Å². The zero-order valence-corrected chi connectivity index (χ0v) is 18.9. The smallest absolute Gasteiger partial charge is 0.108 e. The van der Waals surface area contributed by atoms with Gasteiger partial charge in [-0.3, -0.25) is 5.10 Å². The van der Waals surface area contributed by atoms with Crippen molar-refractivity contribution in [3.8, 4) is 0 Å². The van der Waals surface area contributed by atoms with Crippen molar-refractivity contribution < 1.29 is 14.2 Å². The molecule has 0 aliphatic heterocycles. The monoisotopic (exact) mass is 421 g/mol. The van der Waals surface area contributed by atoms with E-state index >= 15 is 0 Å². The van der Waals surface area contributed by atoms with Gasteiger partial charge in [-0.05, 0) is 38.5 Å². The first kappa shape index (κ1) is 26.5. The van der Waals surface area contributed by atoms with Crippen molar-refractivity contribution in [3.05, 3.63) is 37.2 Å². The van der Waals surface area contributed by atoms with Crippen molar-refractivity contribution in [2.24, 2.45) is 0 Å². The van der Waals surface area contributed by atoms with E-state index in [1.54, 1.807) is 6.20 Å². The highest BCUT2D eigenvalue weighted by atomic mass is 16.6. The summed E-state index contributed by atoms with van der Waals surface area (Å²) in [6.07, 6.45) is 20.1. The van der Waals surface area contributed by atoms with Gasteiger partial charge in [-0.15, -0.1) is 18.3 Å². The Morgan fingerprint density at radius 2 is 1.40 bits per heavy atom. The Balaban J connectivity index is 2.12. The van der Waals surface area contributed by atoms with Gasteiger partial charge in [-0.25, -0.2) is 0 Å². The van der Waals surface area contributed by atoms with E-state index < -0.39 is 0 Å². The van der Waals surface area contributed by atoms with Gasteiger partial charge in [0.1, 0.15) is 11.8 Å². The van der Waals surface area contributed by atoms with Crippen LogP contribution in [0.1, 0.15) is 82.7 Å². The van der Waals surface area contributed by atoms with Crippen molar-refractivity contribution >= 4 is 0 Å². The molecule has 1 heterocycles. The Bertz CT molecular complexity index is 494. The zero-order valence-electron chi connectivity index (χ0n) is 18.9. The average molecular weight is 422 g/mol. The van der Waals surface area contributed by atoms with E-state index in [0.717, 1.165) is 44.6 Å². The maximum Gasteiger partial charge on any atom is 0.108 e. The molecule has 0 fully saturated rings. The van der Waals surface area contributed by atoms with E-state index in [1.807, 2.05) is 12.2 Å². The number of nitrogens with one attached hydrogen (secondary N) is 1. The molecule has 0 saturated heterocycles. The molecule has 1 rings (SSSR count). The third-order valence-corrected chi connectivity index (χ3v) is 4.93. The summed E-state index contributed by atoms with van der Waals surface area (Å²) in [7, 11) is 0. The first-order chi connectivity index (χ1) is 14.9. The minimum atomic E-state index is -0.0368. The lowest BCUT2D eigenvalue weighted by Gasteiger charge is -2.18. The van der Waals surface area contributed by atoms with Gasteiger partial charge >= 0.3 is 0 Å². The largest absolute Gasteiger partial charge is 0.379 e. The number of allylic oxidation sites excluding steroid dienone is 2. The number of hydrogen-bond donors (Lipinski definition) is 1. The summed E-state index contributed by atoms with van der Waals surface area (Å²) >= 11 is 0. The molecular weight excluding hydrogens is 378 g/mol. The highest BCUT2D eigenvalue weighted by Gasteiger charge is 2.11. The van der Waals surface area contributed by atoms with Crippen LogP contribution in [0, 0.1) is 0 Å². The fraction of sp³-hybridized carbons (Fsp3) is 0.750. The topological polar surface area (TPSA) is 69.3 Å². The minimum absolute atomic E-state index is 0.0368. The molecule has 6 heteroatoms. The molecule has 0 aliphatic carbocycles. The second-order valence-corrected chi connectivity index (χ2v) is 7.74. The Hall–Kier alpha value is -1.50. The van der Waals surface area contributed by atoms with E-state index in [2.05, 4.69) is 28.6 Å². The molecule has 0 saturated carbocycles. The minimum Gasteiger partial charge on any atom is -0.379 e. The molecule has 1 aromatic heterocycles. The number of aromatic amines is 1. The second kappa shape index (κ2) is 20.8. The fourth-order valence-electron chi connectivity index (χ4n) is 3.14. The lowest BCUT2D eigenvalue weighted by molar-refractivity contribution is -0.0648. The summed E-state index contributed by atoms with van der Waals surface area (Å²) in [5, 5.41) is 10.3. The highest BCUT2D eigenvalue weighted by Crippen LogP contribution is 2.08. The van der Waals surface area contributed by atoms with Crippen LogP contribution in [-0.4, -0.2) is 47.9 Å². The molecule has 6 nitrogen and oxygen atoms in total. The quantitative estimate of drug-likeness (QED) is 0.179. The number of ether oxygens (including phenoxy) is 3. The Morgan fingerprint density at radius 3 is 2.03 bits per heavy atom. The van der Waals surface area contributed by atoms with Crippen LogP contribution in [0.15, 0.2) is 31.5 Å². The third-order valence-electron chi connectivity index (χ3n) is 4.93. The summed E-state index contributed by atoms with van der Waals surface area (Å²) in [6.45, 7) is 10.6. The van der Waals surface area contributed by atoms with Gasteiger partial charge in [0.05, 0.1) is 19.8 Å². The van der Waals surface area contributed by atoms with E-state index in [1.165, 1.54) is 51.4 Å². The first-order valence-electron chi connectivity index (χ1n) is 11.7. The van der Waals surface area contributed by atoms with Gasteiger partial charge in [0.25, 0.3) is 0 Å². The van der Waals surface area contributed by atoms with Crippen LogP contribution in [0.4, 0.5) is 0 Å². The summed E-state index contributed by atoms with van der Waals surface area (Å²) < 4.78 is 17.7. The molecule has 172 valence electrons. The van der Waals surface area contributed by atoms with Gasteiger partial charge < -0.3 is 14.2 Å². The van der Waals surface area contributed by atoms with Crippen LogP contribution in [-0.2, 0) is 20.8 Å². The van der Waals surface area contributed by atoms with Crippen LogP contribution in [0.3, 0.4) is 0 Å². The Morgan fingerprint density at radius 1 is 0.800 bits per heavy atom. The number of aromatic nitrogens is 3. The van der Waals surface area contributed by atoms with Crippen LogP contribution in [0.5, 0.6) is 0 Å². The SMILES string of the molecule is C=CCCCCCCCOCC(COCc1c[nH]nn1)OCCCCCCCC=C. The highest BCUT2D eigenvalue weighted by molar-refractivity contribution is 4.86. The Labute approximate surface area is 183 Å². The van der Waals surface area contributed by atoms with E-state index in [9.17, 15) is 0 Å². The summed E-state index contributed by atoms with van der Waals surface area (Å²) in [4.78, 5) is 0. The molecule has 30 heavy (non-hydrogen) atoms. The van der Waals surface area contributed by atoms with E-state index in [4.69, 9.17) is 14.2 Å². The average Bonchev–Trinajstić information content (AvgIpc) is 3.27. The molecule has 0 spiro atoms. The number of nitrogens with zero attached hydrogens (tertiary/aromatic N) is 2. The van der Waals surface area contributed by atoms with Crippen LogP contribution < -0.4 is 0 Å². The molecule has 0 amide bonds. The second-order valence-electron chi connectivity index (χ2n) is 7.74. The van der Waals surface area contributed by atoms with Gasteiger partial charge in [0.15, 0.2) is 0 Å². The lowest BCUT2D eigenvalue weighted by atomic mass is 10.1. The van der Waals surface area contributed by atoms with Crippen molar-refractivity contribution in [1.82, 2.24) is 15.4 Å². The summed E-state index contributed by atoms with van der Waals surface area (Å²) in [5.74, 6) is 0. The number of rotatable bonds is 23. The molecule has 1 N–H and O–H groups in total. The van der Waals surface area contributed by atoms with Crippen molar-refractivity contribution in [2.45, 2.75) is 89.8 Å². The zero-order chi connectivity index (χ0) is 21.5. The molecule has 0 aliphatic rings. The maximum atomic E-state index is 6.04. The number of hydrogen-bond acceptors (Lipinski definition) is 5. The van der Waals surface area contributed by atoms with Crippen molar-refractivity contribution in [3.63, 3.8) is 0 Å². The predicted octanol–water partition coefficient (Wildman–Crippen LogP) is 5.78. The summed E-state index contributed by atoms with van der Waals surface area (Å²) in [5.41, 5.74) is 0.797. The van der Waals surface area contributed by atoms with Crippen molar-refractivity contribution in [1.29, 1.82) is 0 Å². The normalized spacial score (nSPS) is 12.1. The van der Waals surface area contributed by atoms with Crippen LogP contribution in [0.2, 0.25) is 0 Å². The van der Waals surface area contributed by atoms with E-state index in [0.29, 0.717) is 19.8 Å². The summed E-state index contributed by atoms with van der Waals surface area (Å²) in [6, 6.07) is 0. The molecule has 1 aromatic rings. The standard InChI is InChI=1S/C24H43N3O3/c1-3-5-7-9-11-13-15-17-28-21-24(22-29-20-23-19-25-27-26-23)30-18-16-14-12-10-8-6-4-2/h3-4,19,24H,1-2,5-18,20-22H2,(H,25,26,27). The molecule has 0 aromatic carbocycles.